The van der Waals surface area contributed by atoms with Crippen LogP contribution in [0.25, 0.3) is 0 Å². The van der Waals surface area contributed by atoms with Crippen LogP contribution in [0.3, 0.4) is 0 Å². The van der Waals surface area contributed by atoms with Gasteiger partial charge in [-0.05, 0) is 62.2 Å². The average Bonchev–Trinajstić information content (AvgIpc) is 3.06. The predicted molar refractivity (Wildman–Crippen MR) is 141 cm³/mol. The van der Waals surface area contributed by atoms with E-state index in [9.17, 15) is 92.2 Å². The number of benzene rings is 1. The molecular weight excluding hydrogens is 809 g/mol. The van der Waals surface area contributed by atoms with E-state index in [1.54, 1.807) is 0 Å². The third-order valence-electron chi connectivity index (χ3n) is 10.4. The van der Waals surface area contributed by atoms with Gasteiger partial charge in [0.25, 0.3) is 0 Å². The molecule has 0 atom stereocenters. The Labute approximate surface area is 290 Å². The highest BCUT2D eigenvalue weighted by Crippen LogP contribution is 2.66. The van der Waals surface area contributed by atoms with Gasteiger partial charge in [0, 0.05) is 5.56 Å². The molecular formula is C31H29F23. The van der Waals surface area contributed by atoms with Crippen LogP contribution in [-0.4, -0.2) is 47.6 Å². The second-order valence-corrected chi connectivity index (χ2v) is 13.7. The predicted octanol–water partition coefficient (Wildman–Crippen LogP) is 13.6. The molecule has 1 aromatic carbocycles. The van der Waals surface area contributed by atoms with Crippen LogP contribution in [0.5, 0.6) is 0 Å². The summed E-state index contributed by atoms with van der Waals surface area (Å²) in [5, 5.41) is 0. The Morgan fingerprint density at radius 3 is 1.11 bits per heavy atom. The summed E-state index contributed by atoms with van der Waals surface area (Å²) in [6.45, 7) is 2.01. The molecule has 0 spiro atoms. The smallest absolute Gasteiger partial charge is 0.203 e. The number of alkyl halides is 19. The quantitative estimate of drug-likeness (QED) is 0.137. The van der Waals surface area contributed by atoms with Gasteiger partial charge >= 0.3 is 53.6 Å². The molecule has 54 heavy (non-hydrogen) atoms. The minimum atomic E-state index is -9.27. The average molecular weight is 839 g/mol. The normalized spacial score (nSPS) is 23.6. The zero-order valence-corrected chi connectivity index (χ0v) is 27.3. The van der Waals surface area contributed by atoms with Crippen molar-refractivity contribution in [3.63, 3.8) is 0 Å². The van der Waals surface area contributed by atoms with Crippen LogP contribution in [0.1, 0.15) is 94.6 Å². The first kappa shape index (κ1) is 46.0. The lowest BCUT2D eigenvalue weighted by Crippen LogP contribution is -2.75. The molecule has 2 saturated carbocycles. The zero-order valence-electron chi connectivity index (χ0n) is 27.3. The Morgan fingerprint density at radius 2 is 0.759 bits per heavy atom. The topological polar surface area (TPSA) is 0 Å². The Morgan fingerprint density at radius 1 is 0.426 bits per heavy atom. The molecule has 0 nitrogen and oxygen atoms in total. The first-order chi connectivity index (χ1) is 24.1. The summed E-state index contributed by atoms with van der Waals surface area (Å²) in [6.07, 6.45) is -2.17. The van der Waals surface area contributed by atoms with Gasteiger partial charge in [-0.15, -0.1) is 0 Å². The summed E-state index contributed by atoms with van der Waals surface area (Å²) >= 11 is 0. The Bertz CT molecular complexity index is 1450. The van der Waals surface area contributed by atoms with Crippen molar-refractivity contribution in [3.05, 3.63) is 34.4 Å². The fourth-order valence-electron chi connectivity index (χ4n) is 7.12. The summed E-state index contributed by atoms with van der Waals surface area (Å²) < 4.78 is 321. The maximum absolute atomic E-state index is 15.1. The molecule has 23 heteroatoms. The van der Waals surface area contributed by atoms with Crippen LogP contribution >= 0.6 is 0 Å². The largest absolute Gasteiger partial charge is 0.460 e. The molecule has 2 aliphatic rings. The molecule has 1 aromatic rings. The maximum Gasteiger partial charge on any atom is 0.460 e. The van der Waals surface area contributed by atoms with Gasteiger partial charge in [-0.1, -0.05) is 39.0 Å². The summed E-state index contributed by atoms with van der Waals surface area (Å²) in [4.78, 5) is 0. The lowest BCUT2D eigenvalue weighted by molar-refractivity contribution is -0.469. The lowest BCUT2D eigenvalue weighted by Gasteiger charge is -2.43. The minimum absolute atomic E-state index is 0.0921. The molecule has 0 bridgehead atoms. The Balaban J connectivity index is 1.99. The van der Waals surface area contributed by atoms with Gasteiger partial charge in [0.1, 0.15) is 5.56 Å². The Kier molecular flexibility index (Phi) is 12.4. The standard InChI is InChI=1S/C31H29F23/c1-2-3-4-13-5-7-14(8-6-13)15-9-11-16(12-10-15)17-19(32)21(34)18(22(35)20(17)33)23(36,37)24(38,39)25(40,41)26(42,43)27(44,45)28(46,47)29(48,49)30(50,51)31(52,53)54/h13-16H,2-12H2,1H3. The van der Waals surface area contributed by atoms with Gasteiger partial charge in [-0.25, -0.2) is 17.6 Å². The van der Waals surface area contributed by atoms with Crippen molar-refractivity contribution in [2.75, 3.05) is 0 Å². The van der Waals surface area contributed by atoms with E-state index in [1.807, 2.05) is 6.92 Å². The Hall–Kier alpha value is -2.39. The summed E-state index contributed by atoms with van der Waals surface area (Å²) in [6, 6.07) is 0. The van der Waals surface area contributed by atoms with Crippen LogP contribution in [0.4, 0.5) is 101 Å². The van der Waals surface area contributed by atoms with Gasteiger partial charge < -0.3 is 0 Å². The van der Waals surface area contributed by atoms with Crippen molar-refractivity contribution >= 4 is 0 Å². The second-order valence-electron chi connectivity index (χ2n) is 13.7. The summed E-state index contributed by atoms with van der Waals surface area (Å²) in [7, 11) is 0. The molecule has 0 N–H and O–H groups in total. The molecule has 2 fully saturated rings. The molecule has 0 heterocycles. The van der Waals surface area contributed by atoms with Crippen LogP contribution in [-0.2, 0) is 5.92 Å². The number of halogens is 23. The van der Waals surface area contributed by atoms with E-state index >= 15 is 8.78 Å². The van der Waals surface area contributed by atoms with Crippen molar-refractivity contribution < 1.29 is 101 Å². The molecule has 0 aliphatic heterocycles. The first-order valence-electron chi connectivity index (χ1n) is 16.1. The van der Waals surface area contributed by atoms with Crippen LogP contribution in [0.15, 0.2) is 0 Å². The van der Waals surface area contributed by atoms with Gasteiger partial charge in [0.2, 0.25) is 0 Å². The number of hydrogen-bond donors (Lipinski definition) is 0. The van der Waals surface area contributed by atoms with Gasteiger partial charge in [-0.3, -0.25) is 0 Å². The molecule has 2 aliphatic carbocycles. The maximum atomic E-state index is 15.1. The number of rotatable bonds is 13. The van der Waals surface area contributed by atoms with Crippen LogP contribution in [0, 0.1) is 41.0 Å². The minimum Gasteiger partial charge on any atom is -0.203 e. The van der Waals surface area contributed by atoms with E-state index in [0.29, 0.717) is 5.92 Å². The van der Waals surface area contributed by atoms with E-state index in [1.165, 1.54) is 0 Å². The van der Waals surface area contributed by atoms with Gasteiger partial charge in [0.05, 0.1) is 0 Å². The third-order valence-corrected chi connectivity index (χ3v) is 10.4. The summed E-state index contributed by atoms with van der Waals surface area (Å²) in [5.41, 5.74) is -5.95. The monoisotopic (exact) mass is 838 g/mol. The van der Waals surface area contributed by atoms with E-state index in [2.05, 4.69) is 0 Å². The highest BCUT2D eigenvalue weighted by Gasteiger charge is 2.97. The SMILES string of the molecule is CCCCC1CCC(C2CCC(c3c(F)c(F)c(C(F)(F)C(F)(F)C(F)(F)C(F)(F)C(F)(F)C(F)(F)C(F)(F)C(F)(F)C(F)(F)F)c(F)c3F)CC2)CC1. The van der Waals surface area contributed by atoms with Gasteiger partial charge in [-0.2, -0.15) is 83.4 Å². The molecule has 0 unspecified atom stereocenters. The molecule has 314 valence electrons. The lowest BCUT2D eigenvalue weighted by atomic mass is 9.67. The van der Waals surface area contributed by atoms with Crippen LogP contribution < -0.4 is 0 Å². The van der Waals surface area contributed by atoms with Crippen molar-refractivity contribution in [1.82, 2.24) is 0 Å². The van der Waals surface area contributed by atoms with Crippen LogP contribution in [0.2, 0.25) is 0 Å². The van der Waals surface area contributed by atoms with E-state index in [4.69, 9.17) is 0 Å². The highest BCUT2D eigenvalue weighted by atomic mass is 19.4. The van der Waals surface area contributed by atoms with Crippen molar-refractivity contribution in [2.45, 2.75) is 137 Å². The van der Waals surface area contributed by atoms with E-state index in [0.717, 1.165) is 44.9 Å². The third kappa shape index (κ3) is 6.77. The number of unbranched alkanes of at least 4 members (excludes halogenated alkanes) is 1. The van der Waals surface area contributed by atoms with E-state index < -0.39 is 93.9 Å². The molecule has 0 saturated heterocycles. The van der Waals surface area contributed by atoms with Crippen molar-refractivity contribution in [3.8, 4) is 0 Å². The molecule has 0 radical (unpaired) electrons. The highest BCUT2D eigenvalue weighted by molar-refractivity contribution is 5.37. The molecule has 3 rings (SSSR count). The second kappa shape index (κ2) is 14.5. The summed E-state index contributed by atoms with van der Waals surface area (Å²) in [5.74, 6) is -85.3. The number of hydrogen-bond acceptors (Lipinski definition) is 0. The fraction of sp³-hybridized carbons (Fsp3) is 0.806. The molecule has 0 aromatic heterocycles. The first-order valence-corrected chi connectivity index (χ1v) is 16.1. The fourth-order valence-corrected chi connectivity index (χ4v) is 7.12. The zero-order chi connectivity index (χ0) is 42.1. The molecule has 0 amide bonds. The van der Waals surface area contributed by atoms with Crippen molar-refractivity contribution in [1.29, 1.82) is 0 Å². The van der Waals surface area contributed by atoms with Gasteiger partial charge in [0.15, 0.2) is 23.3 Å². The van der Waals surface area contributed by atoms with Crippen molar-refractivity contribution in [2.24, 2.45) is 17.8 Å². The van der Waals surface area contributed by atoms with E-state index in [-0.39, 0.29) is 37.5 Å².